The van der Waals surface area contributed by atoms with Gasteiger partial charge in [0, 0.05) is 28.9 Å². The highest BCUT2D eigenvalue weighted by atomic mass is 19.1. The molecule has 0 bridgehead atoms. The number of anilines is 1. The first kappa shape index (κ1) is 27.0. The molecular formula is C31H33FN2O4. The molecule has 38 heavy (non-hydrogen) atoms. The molecule has 0 fully saturated rings. The Balaban J connectivity index is 1.53. The first-order chi connectivity index (χ1) is 17.9. The van der Waals surface area contributed by atoms with Gasteiger partial charge in [-0.3, -0.25) is 9.59 Å². The standard InChI is InChI=1S/C31H33FN2O4/c1-18(2)27(30(37)38-6)34-17-21-8-7-20(15-25(21)29(34)36)24-14-13-23(16-26(24)32)33-28(35)19-9-11-22(12-10-19)31(3,4)5/h7-16,18,27H,17H2,1-6H3,(H,33,35). The molecule has 3 aromatic carbocycles. The van der Waals surface area contributed by atoms with Gasteiger partial charge in [-0.05, 0) is 64.4 Å². The van der Waals surface area contributed by atoms with Gasteiger partial charge in [0.2, 0.25) is 0 Å². The Morgan fingerprint density at radius 3 is 2.24 bits per heavy atom. The predicted octanol–water partition coefficient (Wildman–Crippen LogP) is 6.20. The Labute approximate surface area is 222 Å². The fourth-order valence-corrected chi connectivity index (χ4v) is 4.75. The number of carbonyl (C=O) groups is 3. The summed E-state index contributed by atoms with van der Waals surface area (Å²) in [5, 5.41) is 2.75. The van der Waals surface area contributed by atoms with Gasteiger partial charge in [0.05, 0.1) is 7.11 Å². The van der Waals surface area contributed by atoms with E-state index in [4.69, 9.17) is 4.74 Å². The van der Waals surface area contributed by atoms with Crippen LogP contribution in [-0.2, 0) is 21.5 Å². The van der Waals surface area contributed by atoms with Crippen LogP contribution in [0.2, 0.25) is 0 Å². The van der Waals surface area contributed by atoms with Crippen LogP contribution in [0.3, 0.4) is 0 Å². The molecule has 3 aromatic rings. The van der Waals surface area contributed by atoms with Crippen molar-refractivity contribution in [3.05, 3.63) is 88.7 Å². The molecule has 0 saturated carbocycles. The molecular weight excluding hydrogens is 483 g/mol. The van der Waals surface area contributed by atoms with E-state index in [1.54, 1.807) is 42.5 Å². The quantitative estimate of drug-likeness (QED) is 0.396. The van der Waals surface area contributed by atoms with Crippen molar-refractivity contribution in [1.82, 2.24) is 4.90 Å². The minimum absolute atomic E-state index is 0.0219. The maximum absolute atomic E-state index is 15.2. The third kappa shape index (κ3) is 5.32. The molecule has 1 unspecified atom stereocenters. The zero-order valence-electron chi connectivity index (χ0n) is 22.6. The molecule has 0 radical (unpaired) electrons. The van der Waals surface area contributed by atoms with E-state index < -0.39 is 17.8 Å². The lowest BCUT2D eigenvalue weighted by Crippen LogP contribution is -2.45. The molecule has 0 aliphatic carbocycles. The summed E-state index contributed by atoms with van der Waals surface area (Å²) in [5.41, 5.74) is 3.96. The lowest BCUT2D eigenvalue weighted by atomic mass is 9.87. The van der Waals surface area contributed by atoms with Gasteiger partial charge >= 0.3 is 5.97 Å². The van der Waals surface area contributed by atoms with Gasteiger partial charge in [-0.25, -0.2) is 9.18 Å². The first-order valence-electron chi connectivity index (χ1n) is 12.6. The summed E-state index contributed by atoms with van der Waals surface area (Å²) >= 11 is 0. The number of benzene rings is 3. The van der Waals surface area contributed by atoms with Crippen molar-refractivity contribution >= 4 is 23.5 Å². The highest BCUT2D eigenvalue weighted by molar-refractivity contribution is 6.04. The fourth-order valence-electron chi connectivity index (χ4n) is 4.75. The van der Waals surface area contributed by atoms with E-state index in [0.717, 1.165) is 11.1 Å². The number of amides is 2. The van der Waals surface area contributed by atoms with Crippen molar-refractivity contribution in [2.24, 2.45) is 5.92 Å². The van der Waals surface area contributed by atoms with Crippen LogP contribution in [0.15, 0.2) is 60.7 Å². The van der Waals surface area contributed by atoms with E-state index in [1.165, 1.54) is 18.1 Å². The van der Waals surface area contributed by atoms with Crippen molar-refractivity contribution in [2.45, 2.75) is 52.6 Å². The molecule has 6 nitrogen and oxygen atoms in total. The number of hydrogen-bond acceptors (Lipinski definition) is 4. The minimum Gasteiger partial charge on any atom is -0.467 e. The van der Waals surface area contributed by atoms with Crippen LogP contribution in [-0.4, -0.2) is 35.8 Å². The molecule has 198 valence electrons. The normalized spacial score (nSPS) is 13.9. The lowest BCUT2D eigenvalue weighted by molar-refractivity contribution is -0.147. The average Bonchev–Trinajstić information content (AvgIpc) is 3.18. The maximum atomic E-state index is 15.2. The molecule has 0 saturated heterocycles. The van der Waals surface area contributed by atoms with Crippen LogP contribution in [0.1, 0.15) is 66.5 Å². The summed E-state index contributed by atoms with van der Waals surface area (Å²) in [4.78, 5) is 39.7. The van der Waals surface area contributed by atoms with Crippen molar-refractivity contribution < 1.29 is 23.5 Å². The second-order valence-electron chi connectivity index (χ2n) is 11.0. The molecule has 1 heterocycles. The summed E-state index contributed by atoms with van der Waals surface area (Å²) in [5.74, 6) is -1.73. The molecule has 1 aliphatic rings. The van der Waals surface area contributed by atoms with Crippen molar-refractivity contribution in [1.29, 1.82) is 0 Å². The summed E-state index contributed by atoms with van der Waals surface area (Å²) in [6, 6.07) is 16.3. The second kappa shape index (κ2) is 10.4. The van der Waals surface area contributed by atoms with Gasteiger partial charge in [-0.2, -0.15) is 0 Å². The Kier molecular flexibility index (Phi) is 7.40. The Morgan fingerprint density at radius 2 is 1.66 bits per heavy atom. The summed E-state index contributed by atoms with van der Waals surface area (Å²) in [7, 11) is 1.31. The number of halogens is 1. The number of nitrogens with one attached hydrogen (secondary N) is 1. The molecule has 1 aliphatic heterocycles. The summed E-state index contributed by atoms with van der Waals surface area (Å²) in [6.45, 7) is 10.3. The van der Waals surface area contributed by atoms with E-state index in [1.807, 2.05) is 26.0 Å². The smallest absolute Gasteiger partial charge is 0.328 e. The van der Waals surface area contributed by atoms with Gasteiger partial charge in [0.15, 0.2) is 0 Å². The van der Waals surface area contributed by atoms with E-state index >= 15 is 4.39 Å². The van der Waals surface area contributed by atoms with E-state index in [0.29, 0.717) is 27.9 Å². The van der Waals surface area contributed by atoms with Crippen molar-refractivity contribution in [3.8, 4) is 11.1 Å². The SMILES string of the molecule is COC(=O)C(C(C)C)N1Cc2ccc(-c3ccc(NC(=O)c4ccc(C(C)(C)C)cc4)cc3F)cc2C1=O. The molecule has 1 N–H and O–H groups in total. The molecule has 0 aromatic heterocycles. The van der Waals surface area contributed by atoms with Crippen LogP contribution in [0.5, 0.6) is 0 Å². The number of rotatable bonds is 6. The van der Waals surface area contributed by atoms with Gasteiger partial charge in [-0.15, -0.1) is 0 Å². The first-order valence-corrected chi connectivity index (χ1v) is 12.6. The van der Waals surface area contributed by atoms with Gasteiger partial charge < -0.3 is 15.0 Å². The zero-order valence-corrected chi connectivity index (χ0v) is 22.6. The molecule has 4 rings (SSSR count). The second-order valence-corrected chi connectivity index (χ2v) is 11.0. The average molecular weight is 517 g/mol. The minimum atomic E-state index is -0.701. The maximum Gasteiger partial charge on any atom is 0.328 e. The van der Waals surface area contributed by atoms with E-state index in [-0.39, 0.29) is 29.7 Å². The Hall–Kier alpha value is -4.00. The molecule has 1 atom stereocenters. The number of hydrogen-bond donors (Lipinski definition) is 1. The van der Waals surface area contributed by atoms with Crippen LogP contribution < -0.4 is 5.32 Å². The van der Waals surface area contributed by atoms with Gasteiger partial charge in [0.1, 0.15) is 11.9 Å². The molecule has 0 spiro atoms. The molecule has 7 heteroatoms. The summed E-state index contributed by atoms with van der Waals surface area (Å²) in [6.07, 6.45) is 0. The summed E-state index contributed by atoms with van der Waals surface area (Å²) < 4.78 is 20.1. The number of nitrogens with zero attached hydrogens (tertiary/aromatic N) is 1. The van der Waals surface area contributed by atoms with Crippen LogP contribution in [0.4, 0.5) is 10.1 Å². The van der Waals surface area contributed by atoms with Crippen molar-refractivity contribution in [3.63, 3.8) is 0 Å². The number of esters is 1. The number of ether oxygens (including phenoxy) is 1. The van der Waals surface area contributed by atoms with E-state index in [2.05, 4.69) is 26.1 Å². The van der Waals surface area contributed by atoms with Crippen LogP contribution >= 0.6 is 0 Å². The zero-order chi connectivity index (χ0) is 27.8. The molecule has 2 amide bonds. The highest BCUT2D eigenvalue weighted by Crippen LogP contribution is 2.33. The number of carbonyl (C=O) groups excluding carboxylic acids is 3. The Morgan fingerprint density at radius 1 is 0.974 bits per heavy atom. The largest absolute Gasteiger partial charge is 0.467 e. The van der Waals surface area contributed by atoms with E-state index in [9.17, 15) is 14.4 Å². The number of methoxy groups -OCH3 is 1. The third-order valence-corrected chi connectivity index (χ3v) is 6.90. The van der Waals surface area contributed by atoms with Gasteiger partial charge in [0.25, 0.3) is 11.8 Å². The lowest BCUT2D eigenvalue weighted by Gasteiger charge is -2.28. The van der Waals surface area contributed by atoms with Crippen LogP contribution in [0, 0.1) is 11.7 Å². The topological polar surface area (TPSA) is 75.7 Å². The van der Waals surface area contributed by atoms with Gasteiger partial charge in [-0.1, -0.05) is 58.9 Å². The monoisotopic (exact) mass is 516 g/mol. The number of fused-ring (bicyclic) bond motifs is 1. The van der Waals surface area contributed by atoms with Crippen LogP contribution in [0.25, 0.3) is 11.1 Å². The third-order valence-electron chi connectivity index (χ3n) is 6.90. The highest BCUT2D eigenvalue weighted by Gasteiger charge is 2.38. The Bertz CT molecular complexity index is 1390. The van der Waals surface area contributed by atoms with Crippen molar-refractivity contribution in [2.75, 3.05) is 12.4 Å². The fraction of sp³-hybridized carbons (Fsp3) is 0.323. The predicted molar refractivity (Wildman–Crippen MR) is 145 cm³/mol.